The van der Waals surface area contributed by atoms with Gasteiger partial charge in [-0.15, -0.1) is 0 Å². The van der Waals surface area contributed by atoms with Crippen molar-refractivity contribution in [2.24, 2.45) is 26.6 Å². The van der Waals surface area contributed by atoms with Crippen LogP contribution in [0.4, 0.5) is 0 Å². The van der Waals surface area contributed by atoms with E-state index in [0.717, 1.165) is 37.7 Å². The van der Waals surface area contributed by atoms with Crippen LogP contribution in [0.25, 0.3) is 5.57 Å². The van der Waals surface area contributed by atoms with Gasteiger partial charge in [0.25, 0.3) is 0 Å². The number of aliphatic hydroxyl groups excluding tert-OH is 1. The molecule has 0 aromatic heterocycles. The topological polar surface area (TPSA) is 193 Å². The molecule has 15 nitrogen and oxygen atoms in total. The molecular weight excluding hydrogens is 634 g/mol. The number of rotatable bonds is 9. The molecule has 1 aromatic rings. The Balaban J connectivity index is 1.25. The number of allylic oxidation sites excluding steroid dienone is 2. The molecule has 3 atom stereocenters. The molecule has 1 amide bonds. The van der Waals surface area contributed by atoms with E-state index in [1.54, 1.807) is 31.2 Å². The van der Waals surface area contributed by atoms with Gasteiger partial charge >= 0.3 is 11.9 Å². The van der Waals surface area contributed by atoms with Crippen molar-refractivity contribution in [3.05, 3.63) is 47.0 Å². The SMILES string of the molecule is CCOC(=O)C1=CC(=CCN2C=CNC2N2CN=C3C(=O)N=C(N)N=C32)c2c(OC)c3c(c(CO)c2O1)OC(C(C)(O)C1CCCCC1)C3. The first kappa shape index (κ1) is 32.6. The average Bonchev–Trinajstić information content (AvgIpc) is 3.85. The molecule has 3 unspecified atom stereocenters. The highest BCUT2D eigenvalue weighted by molar-refractivity contribution is 6.69. The molecule has 0 radical (unpaired) electrons. The van der Waals surface area contributed by atoms with Crippen LogP contribution in [0.15, 0.2) is 45.3 Å². The van der Waals surface area contributed by atoms with Crippen LogP contribution >= 0.6 is 0 Å². The van der Waals surface area contributed by atoms with E-state index < -0.39 is 36.5 Å². The fraction of sp³-hybridized carbons (Fsp3) is 0.500. The van der Waals surface area contributed by atoms with Crippen LogP contribution < -0.4 is 25.3 Å². The Morgan fingerprint density at radius 2 is 2.04 bits per heavy atom. The molecule has 6 aliphatic rings. The second-order valence-corrected chi connectivity index (χ2v) is 12.9. The lowest BCUT2D eigenvalue weighted by Gasteiger charge is -2.39. The Morgan fingerprint density at radius 3 is 2.78 bits per heavy atom. The summed E-state index contributed by atoms with van der Waals surface area (Å²) in [4.78, 5) is 41.5. The Labute approximate surface area is 283 Å². The van der Waals surface area contributed by atoms with Crippen LogP contribution in [-0.4, -0.2) is 94.3 Å². The van der Waals surface area contributed by atoms with Crippen LogP contribution in [0, 0.1) is 5.92 Å². The number of nitrogens with two attached hydrogens (primary N) is 1. The number of benzene rings is 1. The Bertz CT molecular complexity index is 1750. The summed E-state index contributed by atoms with van der Waals surface area (Å²) in [5.41, 5.74) is 7.05. The van der Waals surface area contributed by atoms with Crippen LogP contribution in [0.3, 0.4) is 0 Å². The van der Waals surface area contributed by atoms with E-state index in [1.165, 1.54) is 0 Å². The van der Waals surface area contributed by atoms with Crippen molar-refractivity contribution in [3.63, 3.8) is 0 Å². The lowest BCUT2D eigenvalue weighted by Crippen LogP contribution is -2.53. The fourth-order valence-corrected chi connectivity index (χ4v) is 7.55. The van der Waals surface area contributed by atoms with E-state index in [-0.39, 0.29) is 42.4 Å². The number of guanidine groups is 1. The first-order valence-corrected chi connectivity index (χ1v) is 16.7. The van der Waals surface area contributed by atoms with E-state index >= 15 is 0 Å². The number of methoxy groups -OCH3 is 1. The summed E-state index contributed by atoms with van der Waals surface area (Å²) in [5, 5.41) is 25.9. The van der Waals surface area contributed by atoms with Gasteiger partial charge < -0.3 is 45.1 Å². The Morgan fingerprint density at radius 1 is 1.24 bits per heavy atom. The van der Waals surface area contributed by atoms with E-state index in [2.05, 4.69) is 20.3 Å². The van der Waals surface area contributed by atoms with Gasteiger partial charge in [0, 0.05) is 30.9 Å². The Hall–Kier alpha value is -4.89. The molecule has 260 valence electrons. The minimum absolute atomic E-state index is 0.0601. The minimum atomic E-state index is -1.11. The van der Waals surface area contributed by atoms with Crippen molar-refractivity contribution in [1.82, 2.24) is 15.1 Å². The number of esters is 1. The van der Waals surface area contributed by atoms with Gasteiger partial charge in [0.05, 0.1) is 31.5 Å². The van der Waals surface area contributed by atoms with Gasteiger partial charge in [0.15, 0.2) is 17.8 Å². The number of hydrogen-bond donors (Lipinski definition) is 4. The number of fused-ring (bicyclic) bond motifs is 3. The monoisotopic (exact) mass is 675 g/mol. The third kappa shape index (κ3) is 5.60. The maximum Gasteiger partial charge on any atom is 0.374 e. The molecule has 0 saturated heterocycles. The molecule has 1 saturated carbocycles. The first-order chi connectivity index (χ1) is 23.7. The Kier molecular flexibility index (Phi) is 8.57. The predicted molar refractivity (Wildman–Crippen MR) is 179 cm³/mol. The smallest absolute Gasteiger partial charge is 0.374 e. The van der Waals surface area contributed by atoms with Gasteiger partial charge in [0.2, 0.25) is 11.7 Å². The normalized spacial score (nSPS) is 24.8. The number of carbonyl (C=O) groups is 2. The minimum Gasteiger partial charge on any atom is -0.496 e. The number of amides is 1. The highest BCUT2D eigenvalue weighted by atomic mass is 16.6. The number of nitrogens with zero attached hydrogens (tertiary/aromatic N) is 5. The molecule has 5 N–H and O–H groups in total. The fourth-order valence-electron chi connectivity index (χ4n) is 7.55. The number of aliphatic hydroxyl groups is 2. The summed E-state index contributed by atoms with van der Waals surface area (Å²) in [6.07, 6.45) is 11.6. The molecule has 49 heavy (non-hydrogen) atoms. The zero-order chi connectivity index (χ0) is 34.4. The zero-order valence-corrected chi connectivity index (χ0v) is 27.8. The maximum atomic E-state index is 13.1. The summed E-state index contributed by atoms with van der Waals surface area (Å²) in [7, 11) is 1.55. The number of nitrogens with one attached hydrogen (secondary N) is 1. The van der Waals surface area contributed by atoms with Gasteiger partial charge in [0.1, 0.15) is 35.6 Å². The van der Waals surface area contributed by atoms with E-state index in [4.69, 9.17) is 24.7 Å². The number of hydrogen-bond acceptors (Lipinski definition) is 14. The van der Waals surface area contributed by atoms with Crippen molar-refractivity contribution >= 4 is 35.0 Å². The van der Waals surface area contributed by atoms with Crippen LogP contribution in [-0.2, 0) is 27.4 Å². The van der Waals surface area contributed by atoms with Crippen molar-refractivity contribution in [2.75, 3.05) is 26.9 Å². The van der Waals surface area contributed by atoms with Gasteiger partial charge in [-0.05, 0) is 44.3 Å². The second-order valence-electron chi connectivity index (χ2n) is 12.9. The third-order valence-electron chi connectivity index (χ3n) is 10.1. The maximum absolute atomic E-state index is 13.1. The predicted octanol–water partition coefficient (Wildman–Crippen LogP) is 1.67. The van der Waals surface area contributed by atoms with Crippen molar-refractivity contribution in [1.29, 1.82) is 0 Å². The highest BCUT2D eigenvalue weighted by Gasteiger charge is 2.47. The number of ether oxygens (including phenoxy) is 4. The van der Waals surface area contributed by atoms with Gasteiger partial charge in [-0.25, -0.2) is 4.79 Å². The molecule has 5 heterocycles. The summed E-state index contributed by atoms with van der Waals surface area (Å²) >= 11 is 0. The second kappa shape index (κ2) is 12.9. The van der Waals surface area contributed by atoms with E-state index in [1.807, 2.05) is 24.1 Å². The summed E-state index contributed by atoms with van der Waals surface area (Å²) < 4.78 is 24.0. The quantitative estimate of drug-likeness (QED) is 0.277. The standard InChI is InChI=1S/C34H41N7O8/c1-4-47-31(44)22-14-18(10-12-40-13-11-36-33(40)41-17-37-25-29(41)38-32(35)39-30(25)43)24-27(46-3)20-15-23(34(2,45)19-8-6-5-7-9-19)49-26(20)21(16-42)28(24)48-22/h10-11,13-14,19,23,33,36,42,45H,4-9,12,15-17H2,1-3H3,(H2,35,39,43). The highest BCUT2D eigenvalue weighted by Crippen LogP contribution is 2.54. The molecular formula is C34H41N7O8. The molecule has 15 heteroatoms. The van der Waals surface area contributed by atoms with Gasteiger partial charge in [-0.1, -0.05) is 25.3 Å². The molecule has 5 aliphatic heterocycles. The van der Waals surface area contributed by atoms with Crippen molar-refractivity contribution in [2.45, 2.75) is 77.0 Å². The largest absolute Gasteiger partial charge is 0.496 e. The van der Waals surface area contributed by atoms with E-state index in [9.17, 15) is 19.8 Å². The van der Waals surface area contributed by atoms with Gasteiger partial charge in [-0.3, -0.25) is 14.7 Å². The summed E-state index contributed by atoms with van der Waals surface area (Å²) in [6, 6.07) is 0. The van der Waals surface area contributed by atoms with Crippen LogP contribution in [0.5, 0.6) is 17.2 Å². The van der Waals surface area contributed by atoms with E-state index in [0.29, 0.717) is 47.0 Å². The van der Waals surface area contributed by atoms with Crippen LogP contribution in [0.1, 0.15) is 62.6 Å². The molecule has 7 rings (SSSR count). The molecule has 0 bridgehead atoms. The third-order valence-corrected chi connectivity index (χ3v) is 10.1. The number of aliphatic imine (C=N–C) groups is 3. The lowest BCUT2D eigenvalue weighted by atomic mass is 9.74. The van der Waals surface area contributed by atoms with Crippen molar-refractivity contribution in [3.8, 4) is 17.2 Å². The molecule has 1 aromatic carbocycles. The average molecular weight is 676 g/mol. The lowest BCUT2D eigenvalue weighted by molar-refractivity contribution is -0.141. The number of carbonyl (C=O) groups excluding carboxylic acids is 2. The molecule has 0 spiro atoms. The molecule has 1 aliphatic carbocycles. The van der Waals surface area contributed by atoms with Crippen LogP contribution in [0.2, 0.25) is 0 Å². The van der Waals surface area contributed by atoms with Crippen molar-refractivity contribution < 1.29 is 38.7 Å². The van der Waals surface area contributed by atoms with Gasteiger partial charge in [-0.2, -0.15) is 9.98 Å². The number of amidine groups is 1. The first-order valence-electron chi connectivity index (χ1n) is 16.7. The summed E-state index contributed by atoms with van der Waals surface area (Å²) in [6.45, 7) is 3.73. The molecule has 1 fully saturated rings. The summed E-state index contributed by atoms with van der Waals surface area (Å²) in [5.74, 6) is 0.115. The zero-order valence-electron chi connectivity index (χ0n) is 27.8.